The van der Waals surface area contributed by atoms with Gasteiger partial charge in [-0.1, -0.05) is 25.1 Å². The molecule has 2 saturated carbocycles. The van der Waals surface area contributed by atoms with Crippen LogP contribution in [0, 0.1) is 23.7 Å². The first-order valence-corrected chi connectivity index (χ1v) is 13.1. The summed E-state index contributed by atoms with van der Waals surface area (Å²) < 4.78 is 10.7. The number of aliphatic hydroxyl groups is 2. The van der Waals surface area contributed by atoms with Gasteiger partial charge in [0.05, 0.1) is 29.5 Å². The molecule has 1 amide bonds. The molecule has 6 rings (SSSR count). The Labute approximate surface area is 233 Å². The van der Waals surface area contributed by atoms with E-state index in [0.717, 1.165) is 0 Å². The van der Waals surface area contributed by atoms with E-state index in [9.17, 15) is 39.3 Å². The van der Waals surface area contributed by atoms with Gasteiger partial charge in [0.1, 0.15) is 5.75 Å². The predicted molar refractivity (Wildman–Crippen MR) is 139 cm³/mol. The van der Waals surface area contributed by atoms with Crippen LogP contribution in [0.5, 0.6) is 17.2 Å². The lowest BCUT2D eigenvalue weighted by molar-refractivity contribution is -0.196. The van der Waals surface area contributed by atoms with Crippen LogP contribution in [-0.4, -0.2) is 87.9 Å². The number of aliphatic hydroxyl groups excluding tert-OH is 1. The zero-order valence-electron chi connectivity index (χ0n) is 22.4. The van der Waals surface area contributed by atoms with E-state index in [0.29, 0.717) is 22.6 Å². The van der Waals surface area contributed by atoms with Crippen molar-refractivity contribution in [1.82, 2.24) is 4.90 Å². The van der Waals surface area contributed by atoms with Crippen LogP contribution in [0.4, 0.5) is 0 Å². The third-order valence-electron chi connectivity index (χ3n) is 9.17. The number of primary amides is 1. The number of phenols is 1. The Balaban J connectivity index is 1.50. The first-order chi connectivity index (χ1) is 19.3. The molecule has 1 heterocycles. The first kappa shape index (κ1) is 27.1. The molecule has 2 aromatic carbocycles. The maximum atomic E-state index is 14.1. The molecule has 2 aromatic rings. The van der Waals surface area contributed by atoms with Gasteiger partial charge in [-0.2, -0.15) is 0 Å². The van der Waals surface area contributed by atoms with E-state index in [2.05, 4.69) is 0 Å². The van der Waals surface area contributed by atoms with Crippen molar-refractivity contribution < 1.29 is 48.8 Å². The van der Waals surface area contributed by atoms with Gasteiger partial charge in [-0.3, -0.25) is 28.9 Å². The maximum Gasteiger partial charge on any atom is 0.235 e. The number of carbonyl (C=O) groups is 5. The molecule has 0 aromatic heterocycles. The second-order valence-corrected chi connectivity index (χ2v) is 11.4. The Kier molecular flexibility index (Phi) is 5.90. The van der Waals surface area contributed by atoms with Crippen molar-refractivity contribution in [2.45, 2.75) is 30.6 Å². The highest BCUT2D eigenvalue weighted by Crippen LogP contribution is 2.55. The van der Waals surface area contributed by atoms with E-state index in [1.54, 1.807) is 37.3 Å². The Bertz CT molecular complexity index is 1570. The van der Waals surface area contributed by atoms with Crippen molar-refractivity contribution in [3.05, 3.63) is 41.5 Å². The van der Waals surface area contributed by atoms with E-state index >= 15 is 0 Å². The molecule has 8 atom stereocenters. The highest BCUT2D eigenvalue weighted by molar-refractivity contribution is 6.32. The lowest BCUT2D eigenvalue weighted by Crippen LogP contribution is -2.77. The van der Waals surface area contributed by atoms with Crippen LogP contribution in [0.25, 0.3) is 11.1 Å². The number of nitrogens with two attached hydrogens (primary N) is 1. The summed E-state index contributed by atoms with van der Waals surface area (Å²) in [4.78, 5) is 68.3. The van der Waals surface area contributed by atoms with Crippen molar-refractivity contribution in [2.24, 2.45) is 29.4 Å². The van der Waals surface area contributed by atoms with Crippen LogP contribution < -0.4 is 15.2 Å². The van der Waals surface area contributed by atoms with Crippen LogP contribution in [0.15, 0.2) is 30.3 Å². The number of aromatic hydroxyl groups is 1. The molecule has 41 heavy (non-hydrogen) atoms. The number of carbonyl (C=O) groups excluding carboxylic acids is 5. The highest BCUT2D eigenvalue weighted by Gasteiger charge is 2.72. The van der Waals surface area contributed by atoms with Crippen molar-refractivity contribution in [2.75, 3.05) is 20.9 Å². The van der Waals surface area contributed by atoms with E-state index in [1.807, 2.05) is 0 Å². The summed E-state index contributed by atoms with van der Waals surface area (Å²) in [6, 6.07) is 6.77. The highest BCUT2D eigenvalue weighted by atomic mass is 16.7. The first-order valence-electron chi connectivity index (χ1n) is 13.1. The zero-order chi connectivity index (χ0) is 29.7. The number of phenolic OH excluding ortho intramolecular Hbond substituents is 1. The summed E-state index contributed by atoms with van der Waals surface area (Å²) in [6.45, 7) is 1.70. The number of benzene rings is 2. The van der Waals surface area contributed by atoms with Gasteiger partial charge < -0.3 is 30.5 Å². The number of Topliss-reactive ketones (excluding diaryl/α,β-unsaturated/α-hetero) is 4. The van der Waals surface area contributed by atoms with Crippen LogP contribution in [0.1, 0.15) is 28.8 Å². The number of hydrogen-bond acceptors (Lipinski definition) is 11. The van der Waals surface area contributed by atoms with Crippen LogP contribution in [0.3, 0.4) is 0 Å². The molecule has 8 unspecified atom stereocenters. The molecule has 3 aliphatic carbocycles. The number of ether oxygens (including phenoxy) is 2. The van der Waals surface area contributed by atoms with Gasteiger partial charge in [-0.25, -0.2) is 0 Å². The molecule has 12 nitrogen and oxygen atoms in total. The summed E-state index contributed by atoms with van der Waals surface area (Å²) in [7, 11) is 2.89. The Hall–Kier alpha value is -4.13. The lowest BCUT2D eigenvalue weighted by Gasteiger charge is -2.56. The summed E-state index contributed by atoms with van der Waals surface area (Å²) in [6.07, 6.45) is -1.68. The fourth-order valence-electron chi connectivity index (χ4n) is 7.29. The predicted octanol–water partition coefficient (Wildman–Crippen LogP) is -0.205. The van der Waals surface area contributed by atoms with Crippen molar-refractivity contribution in [3.63, 3.8) is 0 Å². The largest absolute Gasteiger partial charge is 0.507 e. The molecule has 0 spiro atoms. The van der Waals surface area contributed by atoms with Crippen LogP contribution in [-0.2, 0) is 19.2 Å². The fraction of sp³-hybridized carbons (Fsp3) is 0.414. The molecule has 214 valence electrons. The quantitative estimate of drug-likeness (QED) is 0.361. The van der Waals surface area contributed by atoms with Gasteiger partial charge in [0.25, 0.3) is 0 Å². The van der Waals surface area contributed by atoms with E-state index in [4.69, 9.17) is 15.2 Å². The Morgan fingerprint density at radius 1 is 1.05 bits per heavy atom. The van der Waals surface area contributed by atoms with Gasteiger partial charge in [-0.15, -0.1) is 0 Å². The average Bonchev–Trinajstić information content (AvgIpc) is 3.38. The summed E-state index contributed by atoms with van der Waals surface area (Å²) in [5, 5.41) is 34.8. The van der Waals surface area contributed by atoms with E-state index < -0.39 is 82.1 Å². The Morgan fingerprint density at radius 2 is 1.73 bits per heavy atom. The smallest absolute Gasteiger partial charge is 0.235 e. The van der Waals surface area contributed by atoms with Crippen molar-refractivity contribution in [1.29, 1.82) is 0 Å². The molecule has 1 aliphatic heterocycles. The van der Waals surface area contributed by atoms with Crippen molar-refractivity contribution in [3.8, 4) is 28.4 Å². The topological polar surface area (TPSA) is 194 Å². The van der Waals surface area contributed by atoms with Gasteiger partial charge in [0.2, 0.25) is 12.7 Å². The number of hydrogen-bond donors (Lipinski definition) is 4. The van der Waals surface area contributed by atoms with Crippen LogP contribution >= 0.6 is 0 Å². The number of nitrogens with zero attached hydrogens (tertiary/aromatic N) is 1. The van der Waals surface area contributed by atoms with Gasteiger partial charge in [0, 0.05) is 11.5 Å². The molecule has 0 saturated heterocycles. The SMILES string of the molecule is CC1c2ccc(-c3ccc4c(c3)OCO4)c(O)c2C(=O)C2C(=O)C3(O)C(=O)C(C(N)=O)C(=O)C(N(C)C)C3C(O)C21. The van der Waals surface area contributed by atoms with Gasteiger partial charge in [0.15, 0.2) is 46.2 Å². The number of rotatable bonds is 3. The number of fused-ring (bicyclic) bond motifs is 4. The van der Waals surface area contributed by atoms with Gasteiger partial charge in [-0.05, 0) is 43.3 Å². The molecule has 0 bridgehead atoms. The Morgan fingerprint density at radius 3 is 2.39 bits per heavy atom. The van der Waals surface area contributed by atoms with Gasteiger partial charge >= 0.3 is 0 Å². The van der Waals surface area contributed by atoms with E-state index in [1.165, 1.54) is 19.0 Å². The summed E-state index contributed by atoms with van der Waals surface area (Å²) in [5.74, 6) is -12.7. The monoisotopic (exact) mass is 564 g/mol. The molecule has 0 radical (unpaired) electrons. The lowest BCUT2D eigenvalue weighted by atomic mass is 9.49. The third kappa shape index (κ3) is 3.41. The minimum absolute atomic E-state index is 0.0397. The van der Waals surface area contributed by atoms with Crippen LogP contribution in [0.2, 0.25) is 0 Å². The minimum Gasteiger partial charge on any atom is -0.507 e. The second-order valence-electron chi connectivity index (χ2n) is 11.4. The summed E-state index contributed by atoms with van der Waals surface area (Å²) in [5.41, 5.74) is 3.26. The molecule has 12 heteroatoms. The molecule has 2 fully saturated rings. The van der Waals surface area contributed by atoms with Crippen molar-refractivity contribution >= 4 is 29.0 Å². The number of ketones is 4. The average molecular weight is 565 g/mol. The van der Waals surface area contributed by atoms with E-state index in [-0.39, 0.29) is 17.9 Å². The number of amides is 1. The third-order valence-corrected chi connectivity index (χ3v) is 9.17. The molecule has 5 N–H and O–H groups in total. The fourth-order valence-corrected chi connectivity index (χ4v) is 7.29. The molecular weight excluding hydrogens is 536 g/mol. The second kappa shape index (κ2) is 8.93. The zero-order valence-corrected chi connectivity index (χ0v) is 22.4. The summed E-state index contributed by atoms with van der Waals surface area (Å²) >= 11 is 0. The minimum atomic E-state index is -3.04. The molecular formula is C29H28N2O10. The number of likely N-dealkylation sites (N-methyl/N-ethyl adjacent to an activating group) is 1. The molecule has 4 aliphatic rings. The normalized spacial score (nSPS) is 33.9. The maximum absolute atomic E-state index is 14.1. The standard InChI is InChI=1S/C29H28N2O10/c1-10-12-5-6-13(11-4-7-14-15(8-11)41-9-40-14)22(32)17(12)23(33)18-16(10)24(34)20-21(31(2)3)25(35)19(28(30)38)27(37)29(20,39)26(18)36/h4-8,10,16,18-21,24,32,34,39H,9H2,1-3H3,(H2,30,38).